The Bertz CT molecular complexity index is 658. The smallest absolute Gasteiger partial charge is 0.191 e. The Morgan fingerprint density at radius 3 is 2.59 bits per heavy atom. The normalized spacial score (nSPS) is 11.1. The number of nitrogens with one attached hydrogen (secondary N) is 3. The third kappa shape index (κ3) is 8.44. The first-order valence-corrected chi connectivity index (χ1v) is 9.62. The zero-order valence-electron chi connectivity index (χ0n) is 16.4. The molecule has 1 heterocycles. The van der Waals surface area contributed by atoms with E-state index in [1.807, 2.05) is 30.3 Å². The fourth-order valence-electron chi connectivity index (χ4n) is 2.57. The maximum atomic E-state index is 5.19. The summed E-state index contributed by atoms with van der Waals surface area (Å²) < 4.78 is 5.19. The zero-order valence-corrected chi connectivity index (χ0v) is 16.4. The fraction of sp³-hybridized carbons (Fsp3) is 0.429. The molecule has 0 aliphatic heterocycles. The molecule has 0 amide bonds. The van der Waals surface area contributed by atoms with Crippen molar-refractivity contribution in [2.24, 2.45) is 4.99 Å². The highest BCUT2D eigenvalue weighted by molar-refractivity contribution is 5.79. The Morgan fingerprint density at radius 1 is 1.04 bits per heavy atom. The highest BCUT2D eigenvalue weighted by Crippen LogP contribution is 2.11. The minimum absolute atomic E-state index is 0.807. The highest BCUT2D eigenvalue weighted by atomic mass is 16.5. The minimum Gasteiger partial charge on any atom is -0.497 e. The van der Waals surface area contributed by atoms with E-state index in [-0.39, 0.29) is 0 Å². The number of benzene rings is 1. The van der Waals surface area contributed by atoms with E-state index in [0.717, 1.165) is 63.0 Å². The average molecular weight is 370 g/mol. The van der Waals surface area contributed by atoms with E-state index in [2.05, 4.69) is 45.0 Å². The van der Waals surface area contributed by atoms with Gasteiger partial charge < -0.3 is 20.7 Å². The molecule has 0 saturated carbocycles. The van der Waals surface area contributed by atoms with Crippen molar-refractivity contribution in [3.05, 3.63) is 54.2 Å². The van der Waals surface area contributed by atoms with Crippen molar-refractivity contribution in [3.63, 3.8) is 0 Å². The molecule has 146 valence electrons. The van der Waals surface area contributed by atoms with E-state index in [9.17, 15) is 0 Å². The van der Waals surface area contributed by atoms with E-state index >= 15 is 0 Å². The van der Waals surface area contributed by atoms with E-state index in [1.165, 1.54) is 5.56 Å². The molecule has 27 heavy (non-hydrogen) atoms. The first-order valence-electron chi connectivity index (χ1n) is 9.62. The topological polar surface area (TPSA) is 70.6 Å². The van der Waals surface area contributed by atoms with Crippen molar-refractivity contribution in [1.29, 1.82) is 0 Å². The standard InChI is InChI=1S/C21H31N5O/c1-3-22-21(26-17-13-18-9-11-19(27-2)12-10-18)25-16-7-6-15-24-20-8-4-5-14-23-20/h4-5,8-12,14H,3,6-7,13,15-17H2,1-2H3,(H,23,24)(H2,22,25,26). The molecule has 0 aliphatic carbocycles. The number of anilines is 1. The lowest BCUT2D eigenvalue weighted by Crippen LogP contribution is -2.38. The molecule has 6 nitrogen and oxygen atoms in total. The molecule has 1 aromatic carbocycles. The molecule has 6 heteroatoms. The Hall–Kier alpha value is -2.76. The van der Waals surface area contributed by atoms with Gasteiger partial charge in [-0.3, -0.25) is 4.99 Å². The SMILES string of the molecule is CCNC(=NCCCCNc1ccccn1)NCCc1ccc(OC)cc1. The molecule has 0 fully saturated rings. The molecule has 0 radical (unpaired) electrons. The monoisotopic (exact) mass is 369 g/mol. The van der Waals surface area contributed by atoms with Crippen molar-refractivity contribution in [1.82, 2.24) is 15.6 Å². The van der Waals surface area contributed by atoms with Crippen LogP contribution in [0.2, 0.25) is 0 Å². The lowest BCUT2D eigenvalue weighted by atomic mass is 10.1. The number of hydrogen-bond acceptors (Lipinski definition) is 4. The number of hydrogen-bond donors (Lipinski definition) is 3. The van der Waals surface area contributed by atoms with Crippen LogP contribution < -0.4 is 20.7 Å². The van der Waals surface area contributed by atoms with E-state index < -0.39 is 0 Å². The van der Waals surface area contributed by atoms with Crippen LogP contribution >= 0.6 is 0 Å². The van der Waals surface area contributed by atoms with Gasteiger partial charge >= 0.3 is 0 Å². The van der Waals surface area contributed by atoms with Crippen LogP contribution in [0, 0.1) is 0 Å². The van der Waals surface area contributed by atoms with Crippen molar-refractivity contribution in [2.45, 2.75) is 26.2 Å². The van der Waals surface area contributed by atoms with Crippen LogP contribution in [-0.2, 0) is 6.42 Å². The summed E-state index contributed by atoms with van der Waals surface area (Å²) in [6.07, 6.45) is 4.84. The van der Waals surface area contributed by atoms with Crippen LogP contribution in [0.3, 0.4) is 0 Å². The largest absolute Gasteiger partial charge is 0.497 e. The van der Waals surface area contributed by atoms with Crippen molar-refractivity contribution >= 4 is 11.8 Å². The van der Waals surface area contributed by atoms with Crippen molar-refractivity contribution in [3.8, 4) is 5.75 Å². The molecule has 0 aliphatic rings. The van der Waals surface area contributed by atoms with Crippen LogP contribution in [0.5, 0.6) is 5.75 Å². The number of rotatable bonds is 11. The first kappa shape index (κ1) is 20.6. The fourth-order valence-corrected chi connectivity index (χ4v) is 2.57. The number of aromatic nitrogens is 1. The van der Waals surface area contributed by atoms with Gasteiger partial charge in [-0.15, -0.1) is 0 Å². The Morgan fingerprint density at radius 2 is 1.89 bits per heavy atom. The average Bonchev–Trinajstić information content (AvgIpc) is 2.71. The highest BCUT2D eigenvalue weighted by Gasteiger charge is 1.99. The number of nitrogens with zero attached hydrogens (tertiary/aromatic N) is 2. The molecule has 0 spiro atoms. The third-order valence-corrected chi connectivity index (χ3v) is 4.04. The van der Waals surface area contributed by atoms with Gasteiger partial charge in [0, 0.05) is 32.4 Å². The van der Waals surface area contributed by atoms with Gasteiger partial charge in [0.15, 0.2) is 5.96 Å². The second-order valence-corrected chi connectivity index (χ2v) is 6.13. The molecule has 0 saturated heterocycles. The third-order valence-electron chi connectivity index (χ3n) is 4.04. The molecule has 0 unspecified atom stereocenters. The Kier molecular flexibility index (Phi) is 9.57. The minimum atomic E-state index is 0.807. The van der Waals surface area contributed by atoms with Crippen LogP contribution in [0.1, 0.15) is 25.3 Å². The van der Waals surface area contributed by atoms with E-state index in [4.69, 9.17) is 4.74 Å². The molecular weight excluding hydrogens is 338 g/mol. The Balaban J connectivity index is 1.63. The lowest BCUT2D eigenvalue weighted by Gasteiger charge is -2.11. The van der Waals surface area contributed by atoms with Gasteiger partial charge in [-0.05, 0) is 56.0 Å². The number of methoxy groups -OCH3 is 1. The molecule has 0 bridgehead atoms. The van der Waals surface area contributed by atoms with Gasteiger partial charge in [0.05, 0.1) is 7.11 Å². The van der Waals surface area contributed by atoms with Gasteiger partial charge in [-0.1, -0.05) is 18.2 Å². The quantitative estimate of drug-likeness (QED) is 0.323. The number of unbranched alkanes of at least 4 members (excludes halogenated alkanes) is 1. The van der Waals surface area contributed by atoms with E-state index in [1.54, 1.807) is 13.3 Å². The number of ether oxygens (including phenoxy) is 1. The molecule has 3 N–H and O–H groups in total. The lowest BCUT2D eigenvalue weighted by molar-refractivity contribution is 0.414. The number of guanidine groups is 1. The Labute approximate surface area is 162 Å². The zero-order chi connectivity index (χ0) is 19.2. The second kappa shape index (κ2) is 12.6. The summed E-state index contributed by atoms with van der Waals surface area (Å²) in [5.41, 5.74) is 1.28. The number of pyridine rings is 1. The van der Waals surface area contributed by atoms with Crippen molar-refractivity contribution < 1.29 is 4.74 Å². The summed E-state index contributed by atoms with van der Waals surface area (Å²) in [7, 11) is 1.68. The van der Waals surface area contributed by atoms with Gasteiger partial charge in [0.2, 0.25) is 0 Å². The summed E-state index contributed by atoms with van der Waals surface area (Å²) >= 11 is 0. The van der Waals surface area contributed by atoms with Crippen LogP contribution in [0.4, 0.5) is 5.82 Å². The summed E-state index contributed by atoms with van der Waals surface area (Å²) in [5, 5.41) is 10.0. The van der Waals surface area contributed by atoms with Gasteiger partial charge in [-0.2, -0.15) is 0 Å². The van der Waals surface area contributed by atoms with Gasteiger partial charge in [0.1, 0.15) is 11.6 Å². The number of aliphatic imine (C=N–C) groups is 1. The predicted octanol–water partition coefficient (Wildman–Crippen LogP) is 3.08. The summed E-state index contributed by atoms with van der Waals surface area (Å²) in [4.78, 5) is 8.90. The maximum Gasteiger partial charge on any atom is 0.191 e. The first-order chi connectivity index (χ1) is 13.3. The molecule has 2 aromatic rings. The molecular formula is C21H31N5O. The molecule has 2 rings (SSSR count). The van der Waals surface area contributed by atoms with Gasteiger partial charge in [0.25, 0.3) is 0 Å². The van der Waals surface area contributed by atoms with Crippen LogP contribution in [-0.4, -0.2) is 44.2 Å². The van der Waals surface area contributed by atoms with Gasteiger partial charge in [-0.25, -0.2) is 4.98 Å². The second-order valence-electron chi connectivity index (χ2n) is 6.13. The summed E-state index contributed by atoms with van der Waals surface area (Å²) in [6.45, 7) is 5.50. The van der Waals surface area contributed by atoms with Crippen LogP contribution in [0.15, 0.2) is 53.7 Å². The summed E-state index contributed by atoms with van der Waals surface area (Å²) in [6, 6.07) is 14.1. The summed E-state index contributed by atoms with van der Waals surface area (Å²) in [5.74, 6) is 2.69. The molecule has 0 atom stereocenters. The molecule has 1 aromatic heterocycles. The van der Waals surface area contributed by atoms with Crippen molar-refractivity contribution in [2.75, 3.05) is 38.6 Å². The predicted molar refractivity (Wildman–Crippen MR) is 113 cm³/mol. The van der Waals surface area contributed by atoms with E-state index in [0.29, 0.717) is 0 Å². The maximum absolute atomic E-state index is 5.19. The van der Waals surface area contributed by atoms with Crippen LogP contribution in [0.25, 0.3) is 0 Å².